The maximum atomic E-state index is 12.9. The summed E-state index contributed by atoms with van der Waals surface area (Å²) in [6.45, 7) is 6.11. The second-order valence-corrected chi connectivity index (χ2v) is 10.2. The molecule has 1 saturated heterocycles. The van der Waals surface area contributed by atoms with Gasteiger partial charge in [0.25, 0.3) is 5.91 Å². The highest BCUT2D eigenvalue weighted by molar-refractivity contribution is 5.95. The van der Waals surface area contributed by atoms with Crippen LogP contribution in [0.4, 0.5) is 11.4 Å². The van der Waals surface area contributed by atoms with Gasteiger partial charge in [-0.1, -0.05) is 19.1 Å². The molecule has 180 valence electrons. The number of fused-ring (bicyclic) bond motifs is 1. The lowest BCUT2D eigenvalue weighted by Gasteiger charge is -2.46. The summed E-state index contributed by atoms with van der Waals surface area (Å²) in [5.41, 5.74) is 5.29. The van der Waals surface area contributed by atoms with E-state index in [4.69, 9.17) is 0 Å². The standard InChI is InChI=1S/C28H36N4O2/c1-17-26(31-23-9-6-21(7-10-23)28(34)29-3)24-16-22(19-12-14-30-15-13-19)8-11-25(24)32(18(2)33)27(17)20-4-5-20/h6-11,16-17,19-20,26-27,30-31H,4-5,12-15H2,1-3H3,(H,29,34)/t17-,26?,27-/m1/s1. The maximum Gasteiger partial charge on any atom is 0.251 e. The van der Waals surface area contributed by atoms with E-state index in [1.807, 2.05) is 24.3 Å². The van der Waals surface area contributed by atoms with Gasteiger partial charge in [0.1, 0.15) is 0 Å². The van der Waals surface area contributed by atoms with Crippen molar-refractivity contribution in [3.8, 4) is 0 Å². The molecule has 0 aromatic heterocycles. The van der Waals surface area contributed by atoms with E-state index < -0.39 is 0 Å². The van der Waals surface area contributed by atoms with Crippen molar-refractivity contribution in [2.45, 2.75) is 57.5 Å². The predicted octanol–water partition coefficient (Wildman–Crippen LogP) is 4.45. The molecule has 6 heteroatoms. The van der Waals surface area contributed by atoms with Crippen molar-refractivity contribution in [2.75, 3.05) is 30.4 Å². The number of carbonyl (C=O) groups is 2. The molecule has 1 unspecified atom stereocenters. The fourth-order valence-corrected chi connectivity index (χ4v) is 6.04. The molecule has 2 amide bonds. The van der Waals surface area contributed by atoms with Crippen LogP contribution >= 0.6 is 0 Å². The van der Waals surface area contributed by atoms with E-state index in [9.17, 15) is 9.59 Å². The van der Waals surface area contributed by atoms with Crippen molar-refractivity contribution in [3.63, 3.8) is 0 Å². The van der Waals surface area contributed by atoms with Gasteiger partial charge in [-0.2, -0.15) is 0 Å². The fourth-order valence-electron chi connectivity index (χ4n) is 6.04. The summed E-state index contributed by atoms with van der Waals surface area (Å²) in [4.78, 5) is 26.9. The average molecular weight is 461 g/mol. The summed E-state index contributed by atoms with van der Waals surface area (Å²) >= 11 is 0. The van der Waals surface area contributed by atoms with E-state index in [0.717, 1.165) is 37.3 Å². The Balaban J connectivity index is 1.53. The molecule has 1 aliphatic carbocycles. The Labute approximate surface area is 202 Å². The quantitative estimate of drug-likeness (QED) is 0.617. The van der Waals surface area contributed by atoms with Gasteiger partial charge >= 0.3 is 0 Å². The third-order valence-corrected chi connectivity index (χ3v) is 7.96. The molecule has 2 heterocycles. The smallest absolute Gasteiger partial charge is 0.251 e. The topological polar surface area (TPSA) is 73.5 Å². The lowest BCUT2D eigenvalue weighted by molar-refractivity contribution is -0.117. The van der Waals surface area contributed by atoms with Crippen LogP contribution < -0.4 is 20.9 Å². The van der Waals surface area contributed by atoms with Crippen molar-refractivity contribution in [2.24, 2.45) is 11.8 Å². The highest BCUT2D eigenvalue weighted by Crippen LogP contribution is 2.50. The molecule has 0 radical (unpaired) electrons. The fraction of sp³-hybridized carbons (Fsp3) is 0.500. The Morgan fingerprint density at radius 2 is 1.71 bits per heavy atom. The van der Waals surface area contributed by atoms with Gasteiger partial charge in [-0.25, -0.2) is 0 Å². The van der Waals surface area contributed by atoms with Gasteiger partial charge in [0.15, 0.2) is 0 Å². The zero-order valence-electron chi connectivity index (χ0n) is 20.4. The molecule has 6 nitrogen and oxygen atoms in total. The van der Waals surface area contributed by atoms with Gasteiger partial charge in [-0.15, -0.1) is 0 Å². The second kappa shape index (κ2) is 9.41. The molecular weight excluding hydrogens is 424 g/mol. The molecule has 34 heavy (non-hydrogen) atoms. The second-order valence-electron chi connectivity index (χ2n) is 10.2. The minimum atomic E-state index is -0.0829. The Morgan fingerprint density at radius 3 is 2.32 bits per heavy atom. The molecule has 3 aliphatic rings. The number of amides is 2. The molecule has 3 N–H and O–H groups in total. The zero-order valence-corrected chi connectivity index (χ0v) is 20.4. The predicted molar refractivity (Wildman–Crippen MR) is 136 cm³/mol. The Kier molecular flexibility index (Phi) is 6.34. The third kappa shape index (κ3) is 4.31. The molecule has 2 aliphatic heterocycles. The van der Waals surface area contributed by atoms with Crippen LogP contribution in [0.1, 0.15) is 73.0 Å². The van der Waals surface area contributed by atoms with E-state index in [1.54, 1.807) is 14.0 Å². The first kappa shape index (κ1) is 22.9. The summed E-state index contributed by atoms with van der Waals surface area (Å²) in [5.74, 6) is 1.44. The SMILES string of the molecule is CNC(=O)c1ccc(NC2c3cc(C4CCNCC4)ccc3N(C(C)=O)[C@@H](C3CC3)[C@@H]2C)cc1. The first-order chi connectivity index (χ1) is 16.5. The highest BCUT2D eigenvalue weighted by atomic mass is 16.2. The molecule has 5 rings (SSSR count). The van der Waals surface area contributed by atoms with Crippen LogP contribution in [-0.2, 0) is 4.79 Å². The van der Waals surface area contributed by atoms with Crippen LogP contribution in [0.25, 0.3) is 0 Å². The molecule has 2 aromatic rings. The number of piperidine rings is 1. The number of nitrogens with one attached hydrogen (secondary N) is 3. The summed E-state index contributed by atoms with van der Waals surface area (Å²) in [6.07, 6.45) is 4.67. The number of carbonyl (C=O) groups excluding carboxylic acids is 2. The van der Waals surface area contributed by atoms with E-state index in [0.29, 0.717) is 17.4 Å². The molecule has 0 spiro atoms. The zero-order chi connectivity index (χ0) is 23.8. The van der Waals surface area contributed by atoms with E-state index in [1.165, 1.54) is 24.0 Å². The molecule has 1 saturated carbocycles. The van der Waals surface area contributed by atoms with Crippen LogP contribution in [-0.4, -0.2) is 38.0 Å². The van der Waals surface area contributed by atoms with Crippen LogP contribution in [0, 0.1) is 11.8 Å². The van der Waals surface area contributed by atoms with Crippen molar-refractivity contribution in [3.05, 3.63) is 59.2 Å². The first-order valence-corrected chi connectivity index (χ1v) is 12.7. The Bertz CT molecular complexity index is 1060. The van der Waals surface area contributed by atoms with E-state index in [-0.39, 0.29) is 29.8 Å². The number of anilines is 2. The molecule has 2 aromatic carbocycles. The summed E-state index contributed by atoms with van der Waals surface area (Å²) in [5, 5.41) is 9.94. The van der Waals surface area contributed by atoms with Crippen molar-refractivity contribution >= 4 is 23.2 Å². The largest absolute Gasteiger partial charge is 0.378 e. The van der Waals surface area contributed by atoms with Crippen LogP contribution in [0.15, 0.2) is 42.5 Å². The van der Waals surface area contributed by atoms with Gasteiger partial charge < -0.3 is 20.9 Å². The average Bonchev–Trinajstić information content (AvgIpc) is 3.70. The van der Waals surface area contributed by atoms with Crippen molar-refractivity contribution in [1.82, 2.24) is 10.6 Å². The monoisotopic (exact) mass is 460 g/mol. The van der Waals surface area contributed by atoms with E-state index >= 15 is 0 Å². The minimum Gasteiger partial charge on any atom is -0.378 e. The van der Waals surface area contributed by atoms with Gasteiger partial charge in [0, 0.05) is 42.9 Å². The van der Waals surface area contributed by atoms with Gasteiger partial charge in [0.05, 0.1) is 6.04 Å². The van der Waals surface area contributed by atoms with Crippen molar-refractivity contribution in [1.29, 1.82) is 0 Å². The van der Waals surface area contributed by atoms with Crippen LogP contribution in [0.3, 0.4) is 0 Å². The van der Waals surface area contributed by atoms with Gasteiger partial charge in [-0.3, -0.25) is 9.59 Å². The van der Waals surface area contributed by atoms with Gasteiger partial charge in [-0.05, 0) is 92.1 Å². The lowest BCUT2D eigenvalue weighted by Crippen LogP contribution is -2.51. The summed E-state index contributed by atoms with van der Waals surface area (Å²) < 4.78 is 0. The summed E-state index contributed by atoms with van der Waals surface area (Å²) in [6, 6.07) is 14.8. The number of hydrogen-bond acceptors (Lipinski definition) is 4. The van der Waals surface area contributed by atoms with Crippen LogP contribution in [0.2, 0.25) is 0 Å². The molecule has 0 bridgehead atoms. The molecular formula is C28H36N4O2. The molecule has 2 fully saturated rings. The lowest BCUT2D eigenvalue weighted by atomic mass is 9.78. The van der Waals surface area contributed by atoms with Gasteiger partial charge in [0.2, 0.25) is 5.91 Å². The van der Waals surface area contributed by atoms with Crippen LogP contribution in [0.5, 0.6) is 0 Å². The first-order valence-electron chi connectivity index (χ1n) is 12.7. The Morgan fingerprint density at radius 1 is 1.00 bits per heavy atom. The Hall–Kier alpha value is -2.86. The van der Waals surface area contributed by atoms with E-state index in [2.05, 4.69) is 46.0 Å². The maximum absolute atomic E-state index is 12.9. The summed E-state index contributed by atoms with van der Waals surface area (Å²) in [7, 11) is 1.65. The normalized spacial score (nSPS) is 24.9. The number of benzene rings is 2. The number of hydrogen-bond donors (Lipinski definition) is 3. The number of nitrogens with zero attached hydrogens (tertiary/aromatic N) is 1. The third-order valence-electron chi connectivity index (χ3n) is 7.96. The van der Waals surface area contributed by atoms with Crippen molar-refractivity contribution < 1.29 is 9.59 Å². The molecule has 3 atom stereocenters. The highest BCUT2D eigenvalue weighted by Gasteiger charge is 2.47. The number of rotatable bonds is 5. The minimum absolute atomic E-state index is 0.0829.